The Balaban J connectivity index is 1.51. The number of aromatic amines is 1. The Morgan fingerprint density at radius 1 is 1.21 bits per heavy atom. The smallest absolute Gasteiger partial charge is 0.254 e. The van der Waals surface area contributed by atoms with Gasteiger partial charge in [-0.25, -0.2) is 14.8 Å². The van der Waals surface area contributed by atoms with Gasteiger partial charge in [-0.1, -0.05) is 30.3 Å². The van der Waals surface area contributed by atoms with Crippen LogP contribution in [0.4, 0.5) is 4.39 Å². The molecule has 2 aromatic carbocycles. The van der Waals surface area contributed by atoms with Crippen LogP contribution in [0.3, 0.4) is 0 Å². The topological polar surface area (TPSA) is 73.0 Å². The van der Waals surface area contributed by atoms with Gasteiger partial charge in [0, 0.05) is 44.0 Å². The Labute approximate surface area is 162 Å². The van der Waals surface area contributed by atoms with Crippen LogP contribution in [-0.2, 0) is 0 Å². The molecule has 7 heteroatoms. The Bertz CT molecular complexity index is 942. The first-order valence-corrected chi connectivity index (χ1v) is 9.21. The van der Waals surface area contributed by atoms with Gasteiger partial charge in [-0.15, -0.1) is 0 Å². The van der Waals surface area contributed by atoms with Gasteiger partial charge in [0.15, 0.2) is 0 Å². The standard InChI is InChI=1S/C21H22FN5O/c1-27(13-15-12-25-26-19(15)14-6-8-16(22)9-7-14)21(28)18-5-3-2-4-17(18)20-23-10-11-24-20/h2-11,15,19,25-26H,12-13H2,1H3,(H,23,24). The number of carbonyl (C=O) groups excluding carboxylic acids is 1. The summed E-state index contributed by atoms with van der Waals surface area (Å²) in [5.41, 5.74) is 8.77. The molecule has 6 nitrogen and oxygen atoms in total. The lowest BCUT2D eigenvalue weighted by molar-refractivity contribution is 0.0772. The van der Waals surface area contributed by atoms with Gasteiger partial charge in [-0.2, -0.15) is 0 Å². The number of rotatable bonds is 5. The van der Waals surface area contributed by atoms with Crippen LogP contribution in [0.5, 0.6) is 0 Å². The summed E-state index contributed by atoms with van der Waals surface area (Å²) < 4.78 is 13.2. The van der Waals surface area contributed by atoms with Crippen molar-refractivity contribution in [1.29, 1.82) is 0 Å². The van der Waals surface area contributed by atoms with Crippen molar-refractivity contribution in [3.8, 4) is 11.4 Å². The van der Waals surface area contributed by atoms with Crippen molar-refractivity contribution in [2.45, 2.75) is 6.04 Å². The van der Waals surface area contributed by atoms with E-state index in [4.69, 9.17) is 0 Å². The third-order valence-electron chi connectivity index (χ3n) is 5.09. The molecule has 1 amide bonds. The summed E-state index contributed by atoms with van der Waals surface area (Å²) in [6, 6.07) is 13.9. The molecule has 1 saturated heterocycles. The number of nitrogens with zero attached hydrogens (tertiary/aromatic N) is 2. The molecule has 1 fully saturated rings. The average Bonchev–Trinajstić information content (AvgIpc) is 3.40. The second-order valence-electron chi connectivity index (χ2n) is 6.98. The van der Waals surface area contributed by atoms with E-state index in [1.807, 2.05) is 24.3 Å². The second kappa shape index (κ2) is 7.92. The molecule has 2 atom stereocenters. The molecule has 0 bridgehead atoms. The number of aromatic nitrogens is 2. The van der Waals surface area contributed by atoms with Crippen LogP contribution in [0.1, 0.15) is 22.0 Å². The van der Waals surface area contributed by atoms with Crippen molar-refractivity contribution in [3.63, 3.8) is 0 Å². The lowest BCUT2D eigenvalue weighted by Crippen LogP contribution is -2.35. The number of hydrazine groups is 1. The molecule has 0 radical (unpaired) electrons. The first kappa shape index (κ1) is 18.3. The molecular formula is C21H22FN5O. The van der Waals surface area contributed by atoms with Crippen LogP contribution < -0.4 is 10.9 Å². The van der Waals surface area contributed by atoms with Gasteiger partial charge in [0.1, 0.15) is 11.6 Å². The maximum atomic E-state index is 13.2. The van der Waals surface area contributed by atoms with Gasteiger partial charge in [0.25, 0.3) is 5.91 Å². The molecule has 1 aliphatic rings. The fraction of sp³-hybridized carbons (Fsp3) is 0.238. The minimum absolute atomic E-state index is 0.0103. The number of hydrogen-bond acceptors (Lipinski definition) is 4. The minimum atomic E-state index is -0.256. The van der Waals surface area contributed by atoms with Gasteiger partial charge < -0.3 is 9.88 Å². The van der Waals surface area contributed by atoms with E-state index in [1.54, 1.807) is 36.5 Å². The van der Waals surface area contributed by atoms with Crippen molar-refractivity contribution in [1.82, 2.24) is 25.7 Å². The zero-order valence-electron chi connectivity index (χ0n) is 15.5. The third kappa shape index (κ3) is 3.67. The van der Waals surface area contributed by atoms with Crippen molar-refractivity contribution in [2.75, 3.05) is 20.1 Å². The Morgan fingerprint density at radius 2 is 2.00 bits per heavy atom. The van der Waals surface area contributed by atoms with Gasteiger partial charge in [0.05, 0.1) is 11.6 Å². The molecule has 28 heavy (non-hydrogen) atoms. The van der Waals surface area contributed by atoms with Crippen molar-refractivity contribution in [3.05, 3.63) is 77.9 Å². The Kier molecular flexibility index (Phi) is 5.18. The van der Waals surface area contributed by atoms with Crippen LogP contribution in [-0.4, -0.2) is 40.9 Å². The predicted octanol–water partition coefficient (Wildman–Crippen LogP) is 2.75. The molecule has 144 valence electrons. The van der Waals surface area contributed by atoms with Gasteiger partial charge in [-0.3, -0.25) is 10.2 Å². The molecule has 2 unspecified atom stereocenters. The highest BCUT2D eigenvalue weighted by atomic mass is 19.1. The maximum Gasteiger partial charge on any atom is 0.254 e. The number of halogens is 1. The lowest BCUT2D eigenvalue weighted by Gasteiger charge is -2.25. The monoisotopic (exact) mass is 379 g/mol. The van der Waals surface area contributed by atoms with Crippen molar-refractivity contribution < 1.29 is 9.18 Å². The van der Waals surface area contributed by atoms with Crippen LogP contribution >= 0.6 is 0 Å². The number of benzene rings is 2. The molecule has 0 saturated carbocycles. The maximum absolute atomic E-state index is 13.2. The fourth-order valence-electron chi connectivity index (χ4n) is 3.66. The highest BCUT2D eigenvalue weighted by Crippen LogP contribution is 2.27. The normalized spacial score (nSPS) is 18.9. The summed E-state index contributed by atoms with van der Waals surface area (Å²) in [6.45, 7) is 1.28. The summed E-state index contributed by atoms with van der Waals surface area (Å²) in [6.07, 6.45) is 3.41. The molecule has 2 heterocycles. The molecule has 1 aliphatic heterocycles. The zero-order chi connectivity index (χ0) is 19.5. The van der Waals surface area contributed by atoms with Crippen LogP contribution in [0.2, 0.25) is 0 Å². The van der Waals surface area contributed by atoms with E-state index in [2.05, 4.69) is 20.8 Å². The third-order valence-corrected chi connectivity index (χ3v) is 5.09. The van der Waals surface area contributed by atoms with Gasteiger partial charge in [-0.05, 0) is 23.8 Å². The number of H-pyrrole nitrogens is 1. The number of amides is 1. The van der Waals surface area contributed by atoms with Gasteiger partial charge in [0.2, 0.25) is 0 Å². The number of nitrogens with one attached hydrogen (secondary N) is 3. The average molecular weight is 379 g/mol. The summed E-state index contributed by atoms with van der Waals surface area (Å²) in [5.74, 6) is 0.519. The molecular weight excluding hydrogens is 357 g/mol. The van der Waals surface area contributed by atoms with E-state index in [0.29, 0.717) is 17.9 Å². The lowest BCUT2D eigenvalue weighted by atomic mass is 9.94. The number of hydrogen-bond donors (Lipinski definition) is 3. The number of carbonyl (C=O) groups is 1. The summed E-state index contributed by atoms with van der Waals surface area (Å²) in [5, 5.41) is 0. The fourth-order valence-corrected chi connectivity index (χ4v) is 3.66. The summed E-state index contributed by atoms with van der Waals surface area (Å²) in [7, 11) is 1.81. The first-order chi connectivity index (χ1) is 13.6. The first-order valence-electron chi connectivity index (χ1n) is 9.21. The predicted molar refractivity (Wildman–Crippen MR) is 105 cm³/mol. The highest BCUT2D eigenvalue weighted by Gasteiger charge is 2.30. The molecule has 0 aliphatic carbocycles. The largest absolute Gasteiger partial charge is 0.345 e. The molecule has 1 aromatic heterocycles. The summed E-state index contributed by atoms with van der Waals surface area (Å²) in [4.78, 5) is 22.2. The Morgan fingerprint density at radius 3 is 2.75 bits per heavy atom. The molecule has 4 rings (SSSR count). The van der Waals surface area contributed by atoms with E-state index >= 15 is 0 Å². The van der Waals surface area contributed by atoms with Crippen molar-refractivity contribution in [2.24, 2.45) is 5.92 Å². The zero-order valence-corrected chi connectivity index (χ0v) is 15.5. The van der Waals surface area contributed by atoms with Crippen LogP contribution in [0, 0.1) is 11.7 Å². The SMILES string of the molecule is CN(CC1CNNC1c1ccc(F)cc1)C(=O)c1ccccc1-c1ncc[nH]1. The van der Waals surface area contributed by atoms with E-state index in [1.165, 1.54) is 12.1 Å². The second-order valence-corrected chi connectivity index (χ2v) is 6.98. The van der Waals surface area contributed by atoms with E-state index in [0.717, 1.165) is 17.7 Å². The number of imidazole rings is 1. The van der Waals surface area contributed by atoms with E-state index in [-0.39, 0.29) is 23.7 Å². The highest BCUT2D eigenvalue weighted by molar-refractivity contribution is 6.00. The molecule has 0 spiro atoms. The minimum Gasteiger partial charge on any atom is -0.345 e. The van der Waals surface area contributed by atoms with Crippen LogP contribution in [0.15, 0.2) is 60.9 Å². The molecule has 3 N–H and O–H groups in total. The Hall–Kier alpha value is -3.03. The van der Waals surface area contributed by atoms with Gasteiger partial charge >= 0.3 is 0 Å². The molecule has 3 aromatic rings. The quantitative estimate of drug-likeness (QED) is 0.637. The summed E-state index contributed by atoms with van der Waals surface area (Å²) >= 11 is 0. The van der Waals surface area contributed by atoms with E-state index in [9.17, 15) is 9.18 Å². The van der Waals surface area contributed by atoms with Crippen molar-refractivity contribution >= 4 is 5.91 Å². The van der Waals surface area contributed by atoms with Crippen LogP contribution in [0.25, 0.3) is 11.4 Å². The van der Waals surface area contributed by atoms with E-state index < -0.39 is 0 Å².